The lowest BCUT2D eigenvalue weighted by Crippen LogP contribution is -2.48. The highest BCUT2D eigenvalue weighted by Crippen LogP contribution is 2.34. The summed E-state index contributed by atoms with van der Waals surface area (Å²) in [5.41, 5.74) is 1.55. The molecule has 32 heavy (non-hydrogen) atoms. The van der Waals surface area contributed by atoms with E-state index in [1.165, 1.54) is 11.2 Å². The van der Waals surface area contributed by atoms with Crippen molar-refractivity contribution in [1.82, 2.24) is 14.7 Å². The number of benzene rings is 1. The van der Waals surface area contributed by atoms with E-state index in [0.717, 1.165) is 25.3 Å². The van der Waals surface area contributed by atoms with E-state index in [2.05, 4.69) is 4.90 Å². The predicted molar refractivity (Wildman–Crippen MR) is 119 cm³/mol. The molecule has 0 spiro atoms. The summed E-state index contributed by atoms with van der Waals surface area (Å²) in [7, 11) is 0. The molecule has 0 aliphatic carbocycles. The van der Waals surface area contributed by atoms with Gasteiger partial charge in [0.15, 0.2) is 0 Å². The Kier molecular flexibility index (Phi) is 6.92. The van der Waals surface area contributed by atoms with Crippen LogP contribution in [0.4, 0.5) is 0 Å². The predicted octanol–water partition coefficient (Wildman–Crippen LogP) is 1.96. The van der Waals surface area contributed by atoms with Crippen LogP contribution in [0.5, 0.6) is 5.75 Å². The molecule has 0 bridgehead atoms. The molecular formula is C24H29N3O5. The van der Waals surface area contributed by atoms with Gasteiger partial charge < -0.3 is 19.2 Å². The van der Waals surface area contributed by atoms with Crippen molar-refractivity contribution in [2.45, 2.75) is 19.9 Å². The van der Waals surface area contributed by atoms with Crippen molar-refractivity contribution < 1.29 is 23.8 Å². The Hall–Kier alpha value is -3.10. The average molecular weight is 440 g/mol. The molecule has 3 heterocycles. The van der Waals surface area contributed by atoms with Crippen LogP contribution in [0.25, 0.3) is 5.57 Å². The normalized spacial score (nSPS) is 17.6. The van der Waals surface area contributed by atoms with Crippen LogP contribution in [0.3, 0.4) is 0 Å². The monoisotopic (exact) mass is 439 g/mol. The van der Waals surface area contributed by atoms with Gasteiger partial charge in [-0.1, -0.05) is 19.1 Å². The summed E-state index contributed by atoms with van der Waals surface area (Å²) in [4.78, 5) is 32.2. The molecule has 8 nitrogen and oxygen atoms in total. The minimum Gasteiger partial charge on any atom is -0.494 e. The SMILES string of the molecule is CCCOc1ccc(C2=C(N3CCN(CCO)CC3)C(=O)N(Cc3ccco3)C2=O)cc1. The third-order valence-corrected chi connectivity index (χ3v) is 5.76. The average Bonchev–Trinajstić information content (AvgIpc) is 3.41. The standard InChI is InChI=1S/C24H29N3O5/c1-2-15-31-19-7-5-18(6-8-19)21-22(26-11-9-25(10-12-26)13-14-28)24(30)27(23(21)29)17-20-4-3-16-32-20/h3-8,16,28H,2,9-15,17H2,1H3. The molecule has 1 N–H and O–H groups in total. The number of imide groups is 1. The molecule has 2 aliphatic rings. The van der Waals surface area contributed by atoms with Crippen LogP contribution in [0.15, 0.2) is 52.8 Å². The van der Waals surface area contributed by atoms with E-state index in [4.69, 9.17) is 9.15 Å². The largest absolute Gasteiger partial charge is 0.494 e. The first kappa shape index (κ1) is 22.1. The van der Waals surface area contributed by atoms with Crippen molar-refractivity contribution in [1.29, 1.82) is 0 Å². The minimum atomic E-state index is -0.318. The van der Waals surface area contributed by atoms with Gasteiger partial charge in [-0.3, -0.25) is 19.4 Å². The van der Waals surface area contributed by atoms with Gasteiger partial charge in [0.2, 0.25) is 0 Å². The fourth-order valence-corrected chi connectivity index (χ4v) is 4.09. The molecule has 0 saturated carbocycles. The van der Waals surface area contributed by atoms with Gasteiger partial charge >= 0.3 is 0 Å². The lowest BCUT2D eigenvalue weighted by molar-refractivity contribution is -0.138. The Labute approximate surface area is 187 Å². The lowest BCUT2D eigenvalue weighted by atomic mass is 10.0. The number of nitrogens with zero attached hydrogens (tertiary/aromatic N) is 3. The van der Waals surface area contributed by atoms with Crippen LogP contribution in [0, 0.1) is 0 Å². The number of carbonyl (C=O) groups excluding carboxylic acids is 2. The van der Waals surface area contributed by atoms with Crippen LogP contribution in [-0.2, 0) is 16.1 Å². The van der Waals surface area contributed by atoms with Gasteiger partial charge in [0, 0.05) is 32.7 Å². The molecule has 8 heteroatoms. The number of aliphatic hydroxyl groups excluding tert-OH is 1. The molecule has 0 atom stereocenters. The zero-order valence-corrected chi connectivity index (χ0v) is 18.3. The van der Waals surface area contributed by atoms with Crippen LogP contribution in [0.2, 0.25) is 0 Å². The van der Waals surface area contributed by atoms with Crippen LogP contribution in [-0.4, -0.2) is 77.6 Å². The van der Waals surface area contributed by atoms with E-state index in [0.29, 0.717) is 48.8 Å². The zero-order valence-electron chi connectivity index (χ0n) is 18.3. The summed E-state index contributed by atoms with van der Waals surface area (Å²) in [6.07, 6.45) is 2.44. The number of hydrogen-bond donors (Lipinski definition) is 1. The Balaban J connectivity index is 1.64. The Morgan fingerprint density at radius 1 is 1.03 bits per heavy atom. The molecule has 2 aromatic rings. The first-order chi connectivity index (χ1) is 15.6. The maximum absolute atomic E-state index is 13.4. The number of aliphatic hydroxyl groups is 1. The first-order valence-electron chi connectivity index (χ1n) is 11.1. The van der Waals surface area contributed by atoms with Crippen LogP contribution < -0.4 is 4.74 Å². The molecule has 1 aromatic heterocycles. The minimum absolute atomic E-state index is 0.0971. The summed E-state index contributed by atoms with van der Waals surface area (Å²) in [6.45, 7) is 6.16. The van der Waals surface area contributed by atoms with E-state index in [-0.39, 0.29) is 25.0 Å². The smallest absolute Gasteiger partial charge is 0.278 e. The fraction of sp³-hybridized carbons (Fsp3) is 0.417. The molecule has 1 saturated heterocycles. The van der Waals surface area contributed by atoms with Gasteiger partial charge in [0.25, 0.3) is 11.8 Å². The highest BCUT2D eigenvalue weighted by atomic mass is 16.5. The van der Waals surface area contributed by atoms with Crippen molar-refractivity contribution in [3.8, 4) is 5.75 Å². The van der Waals surface area contributed by atoms with E-state index in [9.17, 15) is 14.7 Å². The molecule has 4 rings (SSSR count). The summed E-state index contributed by atoms with van der Waals surface area (Å²) in [5, 5.41) is 9.21. The van der Waals surface area contributed by atoms with E-state index in [1.807, 2.05) is 36.1 Å². The van der Waals surface area contributed by atoms with Gasteiger partial charge in [0.1, 0.15) is 17.2 Å². The molecule has 1 fully saturated rings. The second kappa shape index (κ2) is 10.0. The van der Waals surface area contributed by atoms with Crippen molar-refractivity contribution >= 4 is 17.4 Å². The van der Waals surface area contributed by atoms with Gasteiger partial charge in [-0.2, -0.15) is 0 Å². The molecular weight excluding hydrogens is 410 g/mol. The van der Waals surface area contributed by atoms with Gasteiger partial charge in [0.05, 0.1) is 31.6 Å². The van der Waals surface area contributed by atoms with Crippen molar-refractivity contribution in [2.75, 3.05) is 45.9 Å². The molecule has 0 unspecified atom stereocenters. The van der Waals surface area contributed by atoms with E-state index in [1.54, 1.807) is 12.1 Å². The fourth-order valence-electron chi connectivity index (χ4n) is 4.09. The summed E-state index contributed by atoms with van der Waals surface area (Å²) in [5.74, 6) is 0.674. The molecule has 2 aliphatic heterocycles. The number of piperazine rings is 1. The summed E-state index contributed by atoms with van der Waals surface area (Å²) < 4.78 is 11.0. The number of β-amino-alcohol motifs (C(OH)–C–C–N with tert-alkyl or cyclic N) is 1. The van der Waals surface area contributed by atoms with E-state index >= 15 is 0 Å². The van der Waals surface area contributed by atoms with Crippen molar-refractivity contribution in [2.24, 2.45) is 0 Å². The number of carbonyl (C=O) groups is 2. The number of hydrogen-bond acceptors (Lipinski definition) is 7. The second-order valence-electron chi connectivity index (χ2n) is 7.92. The highest BCUT2D eigenvalue weighted by molar-refractivity contribution is 6.35. The highest BCUT2D eigenvalue weighted by Gasteiger charge is 2.42. The third kappa shape index (κ3) is 4.56. The van der Waals surface area contributed by atoms with Crippen molar-refractivity contribution in [3.05, 3.63) is 59.7 Å². The third-order valence-electron chi connectivity index (χ3n) is 5.76. The maximum atomic E-state index is 13.4. The molecule has 2 amide bonds. The lowest BCUT2D eigenvalue weighted by Gasteiger charge is -2.36. The molecule has 170 valence electrons. The van der Waals surface area contributed by atoms with Gasteiger partial charge in [-0.05, 0) is 36.2 Å². The first-order valence-corrected chi connectivity index (χ1v) is 11.1. The molecule has 1 aromatic carbocycles. The quantitative estimate of drug-likeness (QED) is 0.598. The van der Waals surface area contributed by atoms with Crippen molar-refractivity contribution in [3.63, 3.8) is 0 Å². The van der Waals surface area contributed by atoms with Crippen LogP contribution >= 0.6 is 0 Å². The number of amides is 2. The van der Waals surface area contributed by atoms with Gasteiger partial charge in [-0.15, -0.1) is 0 Å². The topological polar surface area (TPSA) is 86.5 Å². The second-order valence-corrected chi connectivity index (χ2v) is 7.92. The van der Waals surface area contributed by atoms with Gasteiger partial charge in [-0.25, -0.2) is 0 Å². The summed E-state index contributed by atoms with van der Waals surface area (Å²) in [6, 6.07) is 10.8. The Morgan fingerprint density at radius 3 is 2.41 bits per heavy atom. The number of ether oxygens (including phenoxy) is 1. The number of rotatable bonds is 9. The van der Waals surface area contributed by atoms with Crippen LogP contribution in [0.1, 0.15) is 24.7 Å². The Bertz CT molecular complexity index is 960. The molecule has 0 radical (unpaired) electrons. The number of furan rings is 1. The van der Waals surface area contributed by atoms with E-state index < -0.39 is 0 Å². The summed E-state index contributed by atoms with van der Waals surface area (Å²) >= 11 is 0. The Morgan fingerprint density at radius 2 is 1.78 bits per heavy atom. The zero-order chi connectivity index (χ0) is 22.5. The maximum Gasteiger partial charge on any atom is 0.278 e.